The second-order valence-corrected chi connectivity index (χ2v) is 7.70. The van der Waals surface area contributed by atoms with Gasteiger partial charge in [-0.3, -0.25) is 14.4 Å². The van der Waals surface area contributed by atoms with Gasteiger partial charge >= 0.3 is 0 Å². The number of nitrogens with two attached hydrogens (primary N) is 1. The third-order valence-electron chi connectivity index (χ3n) is 4.05. The minimum atomic E-state index is -0.829. The molecule has 164 valence electrons. The fourth-order valence-corrected chi connectivity index (χ4v) is 2.77. The second kappa shape index (κ2) is 11.3. The number of halogens is 2. The Labute approximate surface area is 189 Å². The molecule has 1 unspecified atom stereocenters. The van der Waals surface area contributed by atoms with Gasteiger partial charge in [0.05, 0.1) is 16.3 Å². The number of rotatable bonds is 9. The topological polar surface area (TPSA) is 123 Å². The fraction of sp³-hybridized carbons (Fsp3) is 0.238. The van der Waals surface area contributed by atoms with E-state index in [9.17, 15) is 14.4 Å². The molecule has 0 saturated carbocycles. The normalized spacial score (nSPS) is 11.9. The predicted molar refractivity (Wildman–Crippen MR) is 119 cm³/mol. The van der Waals surface area contributed by atoms with Crippen molar-refractivity contribution < 1.29 is 19.1 Å². The van der Waals surface area contributed by atoms with Crippen LogP contribution in [0.2, 0.25) is 10.0 Å². The summed E-state index contributed by atoms with van der Waals surface area (Å²) in [6.07, 6.45) is 1.41. The van der Waals surface area contributed by atoms with Crippen LogP contribution in [0.25, 0.3) is 0 Å². The van der Waals surface area contributed by atoms with Crippen molar-refractivity contribution in [2.45, 2.75) is 19.9 Å². The Balaban J connectivity index is 2.00. The molecule has 10 heteroatoms. The number of ether oxygens (including phenoxy) is 1. The van der Waals surface area contributed by atoms with E-state index < -0.39 is 23.8 Å². The molecule has 0 spiro atoms. The molecule has 2 aromatic rings. The van der Waals surface area contributed by atoms with Gasteiger partial charge in [0.1, 0.15) is 11.8 Å². The molecule has 4 N–H and O–H groups in total. The zero-order valence-electron chi connectivity index (χ0n) is 16.9. The Kier molecular flexibility index (Phi) is 8.84. The van der Waals surface area contributed by atoms with E-state index >= 15 is 0 Å². The van der Waals surface area contributed by atoms with Crippen LogP contribution in [0.15, 0.2) is 47.6 Å². The van der Waals surface area contributed by atoms with Crippen LogP contribution >= 0.6 is 23.2 Å². The number of hydrogen-bond donors (Lipinski definition) is 3. The Bertz CT molecular complexity index is 995. The van der Waals surface area contributed by atoms with Crippen molar-refractivity contribution >= 4 is 47.1 Å². The van der Waals surface area contributed by atoms with Crippen LogP contribution in [0.3, 0.4) is 0 Å². The standard InChI is InChI=1S/C21H22Cl2N4O4/c1-12(2)19(26-20(29)14-6-7-16(22)17(23)9-14)21(30)27-25-10-13-4-3-5-15(8-13)31-11-18(24)28/h3-10,12,19H,11H2,1-2H3,(H2,24,28)(H,26,29)(H,27,30). The van der Waals surface area contributed by atoms with E-state index in [1.165, 1.54) is 24.4 Å². The van der Waals surface area contributed by atoms with Crippen LogP contribution in [-0.2, 0) is 9.59 Å². The monoisotopic (exact) mass is 464 g/mol. The summed E-state index contributed by atoms with van der Waals surface area (Å²) >= 11 is 11.8. The number of nitrogens with zero attached hydrogens (tertiary/aromatic N) is 1. The maximum atomic E-state index is 12.5. The fourth-order valence-electron chi connectivity index (χ4n) is 2.48. The molecule has 0 radical (unpaired) electrons. The summed E-state index contributed by atoms with van der Waals surface area (Å²) in [4.78, 5) is 35.8. The lowest BCUT2D eigenvalue weighted by atomic mass is 10.0. The minimum Gasteiger partial charge on any atom is -0.484 e. The third kappa shape index (κ3) is 7.58. The summed E-state index contributed by atoms with van der Waals surface area (Å²) < 4.78 is 5.22. The molecular formula is C21H22Cl2N4O4. The quantitative estimate of drug-likeness (QED) is 0.389. The number of benzene rings is 2. The predicted octanol–water partition coefficient (Wildman–Crippen LogP) is 2.76. The Morgan fingerprint density at radius 3 is 2.52 bits per heavy atom. The van der Waals surface area contributed by atoms with Gasteiger partial charge in [-0.05, 0) is 41.8 Å². The average Bonchev–Trinajstić information content (AvgIpc) is 2.72. The van der Waals surface area contributed by atoms with Crippen LogP contribution in [0.4, 0.5) is 0 Å². The molecule has 8 nitrogen and oxygen atoms in total. The molecule has 0 aliphatic rings. The molecule has 0 heterocycles. The molecule has 0 fully saturated rings. The third-order valence-corrected chi connectivity index (χ3v) is 4.78. The number of carbonyl (C=O) groups is 3. The van der Waals surface area contributed by atoms with E-state index in [-0.39, 0.29) is 23.1 Å². The molecular weight excluding hydrogens is 443 g/mol. The number of nitrogens with one attached hydrogen (secondary N) is 2. The van der Waals surface area contributed by atoms with Crippen molar-refractivity contribution in [3.8, 4) is 5.75 Å². The van der Waals surface area contributed by atoms with E-state index in [0.717, 1.165) is 0 Å². The first-order chi connectivity index (χ1) is 14.7. The number of primary amides is 1. The van der Waals surface area contributed by atoms with E-state index in [4.69, 9.17) is 33.7 Å². The Morgan fingerprint density at radius 2 is 1.87 bits per heavy atom. The molecule has 0 aromatic heterocycles. The molecule has 0 aliphatic carbocycles. The minimum absolute atomic E-state index is 0.201. The second-order valence-electron chi connectivity index (χ2n) is 6.89. The molecule has 2 aromatic carbocycles. The lowest BCUT2D eigenvalue weighted by Crippen LogP contribution is -2.48. The number of amides is 3. The average molecular weight is 465 g/mol. The highest BCUT2D eigenvalue weighted by atomic mass is 35.5. The van der Waals surface area contributed by atoms with Crippen LogP contribution in [0, 0.1) is 5.92 Å². The smallest absolute Gasteiger partial charge is 0.262 e. The van der Waals surface area contributed by atoms with E-state index in [1.54, 1.807) is 38.1 Å². The summed E-state index contributed by atoms with van der Waals surface area (Å²) in [5.41, 5.74) is 8.37. The Morgan fingerprint density at radius 1 is 1.13 bits per heavy atom. The van der Waals surface area contributed by atoms with Crippen molar-refractivity contribution in [2.24, 2.45) is 16.8 Å². The highest BCUT2D eigenvalue weighted by Crippen LogP contribution is 2.22. The molecule has 0 aliphatic heterocycles. The van der Waals surface area contributed by atoms with Gasteiger partial charge < -0.3 is 15.8 Å². The molecule has 0 saturated heterocycles. The first-order valence-corrected chi connectivity index (χ1v) is 10.0. The van der Waals surface area contributed by atoms with Crippen LogP contribution < -0.4 is 21.2 Å². The zero-order chi connectivity index (χ0) is 23.0. The van der Waals surface area contributed by atoms with Gasteiger partial charge in [0.2, 0.25) is 0 Å². The van der Waals surface area contributed by atoms with Gasteiger partial charge in [-0.2, -0.15) is 5.10 Å². The van der Waals surface area contributed by atoms with Crippen molar-refractivity contribution in [1.82, 2.24) is 10.7 Å². The van der Waals surface area contributed by atoms with Crippen LogP contribution in [0.5, 0.6) is 5.75 Å². The lowest BCUT2D eigenvalue weighted by molar-refractivity contribution is -0.124. The number of hydrazone groups is 1. The van der Waals surface area contributed by atoms with Gasteiger partial charge in [-0.15, -0.1) is 0 Å². The summed E-state index contributed by atoms with van der Waals surface area (Å²) in [5.74, 6) is -1.30. The molecule has 31 heavy (non-hydrogen) atoms. The molecule has 1 atom stereocenters. The highest BCUT2D eigenvalue weighted by molar-refractivity contribution is 6.42. The van der Waals surface area contributed by atoms with Crippen molar-refractivity contribution in [2.75, 3.05) is 6.61 Å². The van der Waals surface area contributed by atoms with E-state index in [2.05, 4.69) is 15.8 Å². The first kappa shape index (κ1) is 24.2. The van der Waals surface area contributed by atoms with Gasteiger partial charge in [-0.1, -0.05) is 49.2 Å². The van der Waals surface area contributed by atoms with Gasteiger partial charge in [0.15, 0.2) is 6.61 Å². The summed E-state index contributed by atoms with van der Waals surface area (Å²) in [6, 6.07) is 10.4. The van der Waals surface area contributed by atoms with Crippen molar-refractivity contribution in [3.05, 3.63) is 63.6 Å². The number of carbonyl (C=O) groups excluding carboxylic acids is 3. The van der Waals surface area contributed by atoms with E-state index in [1.807, 2.05) is 0 Å². The lowest BCUT2D eigenvalue weighted by Gasteiger charge is -2.20. The highest BCUT2D eigenvalue weighted by Gasteiger charge is 2.24. The summed E-state index contributed by atoms with van der Waals surface area (Å²) in [6.45, 7) is 3.34. The summed E-state index contributed by atoms with van der Waals surface area (Å²) in [7, 11) is 0. The number of hydrogen-bond acceptors (Lipinski definition) is 5. The summed E-state index contributed by atoms with van der Waals surface area (Å²) in [5, 5.41) is 7.17. The maximum absolute atomic E-state index is 12.5. The van der Waals surface area contributed by atoms with E-state index in [0.29, 0.717) is 16.3 Å². The molecule has 2 rings (SSSR count). The van der Waals surface area contributed by atoms with Gasteiger partial charge in [-0.25, -0.2) is 5.43 Å². The molecule has 3 amide bonds. The SMILES string of the molecule is CC(C)C(NC(=O)c1ccc(Cl)c(Cl)c1)C(=O)NN=Cc1cccc(OCC(N)=O)c1. The van der Waals surface area contributed by atoms with Gasteiger partial charge in [0, 0.05) is 5.56 Å². The Hall–Kier alpha value is -3.10. The van der Waals surface area contributed by atoms with Crippen LogP contribution in [-0.4, -0.2) is 36.6 Å². The first-order valence-electron chi connectivity index (χ1n) is 9.27. The largest absolute Gasteiger partial charge is 0.484 e. The maximum Gasteiger partial charge on any atom is 0.262 e. The molecule has 0 bridgehead atoms. The van der Waals surface area contributed by atoms with Crippen LogP contribution in [0.1, 0.15) is 29.8 Å². The van der Waals surface area contributed by atoms with Crippen molar-refractivity contribution in [3.63, 3.8) is 0 Å². The van der Waals surface area contributed by atoms with Gasteiger partial charge in [0.25, 0.3) is 17.7 Å². The van der Waals surface area contributed by atoms with Crippen molar-refractivity contribution in [1.29, 1.82) is 0 Å². The zero-order valence-corrected chi connectivity index (χ0v) is 18.4.